The Bertz CT molecular complexity index is 414. The number of hydrazine groups is 1. The number of pyridine rings is 1. The standard InChI is InChI=1S/C13H22N4O3/c1-19-9-4-7-17(8-10-20-2)13(18)11-5-3-6-12(15-11)16-14/h3,5-6H,4,7-10,14H2,1-2H3,(H,15,16). The van der Waals surface area contributed by atoms with Crippen LogP contribution < -0.4 is 11.3 Å². The van der Waals surface area contributed by atoms with E-state index in [1.807, 2.05) is 0 Å². The van der Waals surface area contributed by atoms with Crippen molar-refractivity contribution in [3.63, 3.8) is 0 Å². The normalized spacial score (nSPS) is 10.3. The average Bonchev–Trinajstić information content (AvgIpc) is 2.50. The van der Waals surface area contributed by atoms with Crippen LogP contribution in [0.5, 0.6) is 0 Å². The highest BCUT2D eigenvalue weighted by Gasteiger charge is 2.16. The molecule has 0 atom stereocenters. The fraction of sp³-hybridized carbons (Fsp3) is 0.538. The zero-order valence-electron chi connectivity index (χ0n) is 12.0. The molecule has 1 aromatic rings. The van der Waals surface area contributed by atoms with Crippen LogP contribution >= 0.6 is 0 Å². The SMILES string of the molecule is COCCCN(CCOC)C(=O)c1cccc(NN)n1. The van der Waals surface area contributed by atoms with Crippen LogP contribution in [-0.4, -0.2) is 56.3 Å². The molecule has 7 heteroatoms. The van der Waals surface area contributed by atoms with Crippen LogP contribution in [0.3, 0.4) is 0 Å². The summed E-state index contributed by atoms with van der Waals surface area (Å²) in [4.78, 5) is 18.3. The number of methoxy groups -OCH3 is 2. The van der Waals surface area contributed by atoms with Gasteiger partial charge >= 0.3 is 0 Å². The van der Waals surface area contributed by atoms with E-state index in [-0.39, 0.29) is 5.91 Å². The van der Waals surface area contributed by atoms with Gasteiger partial charge in [0.1, 0.15) is 11.5 Å². The molecule has 0 aliphatic heterocycles. The lowest BCUT2D eigenvalue weighted by Gasteiger charge is -2.22. The molecule has 1 amide bonds. The Kier molecular flexibility index (Phi) is 7.56. The van der Waals surface area contributed by atoms with Crippen molar-refractivity contribution >= 4 is 11.7 Å². The molecule has 0 radical (unpaired) electrons. The smallest absolute Gasteiger partial charge is 0.272 e. The minimum Gasteiger partial charge on any atom is -0.385 e. The fourth-order valence-electron chi connectivity index (χ4n) is 1.71. The Morgan fingerprint density at radius 2 is 2.05 bits per heavy atom. The number of hydrogen-bond acceptors (Lipinski definition) is 6. The van der Waals surface area contributed by atoms with Gasteiger partial charge in [-0.2, -0.15) is 0 Å². The van der Waals surface area contributed by atoms with E-state index in [1.54, 1.807) is 37.3 Å². The third-order valence-electron chi connectivity index (χ3n) is 2.75. The van der Waals surface area contributed by atoms with E-state index in [1.165, 1.54) is 0 Å². The van der Waals surface area contributed by atoms with E-state index in [2.05, 4.69) is 10.4 Å². The molecule has 0 aromatic carbocycles. The van der Waals surface area contributed by atoms with Gasteiger partial charge in [-0.05, 0) is 18.6 Å². The Labute approximate surface area is 119 Å². The topological polar surface area (TPSA) is 89.7 Å². The monoisotopic (exact) mass is 282 g/mol. The highest BCUT2D eigenvalue weighted by Crippen LogP contribution is 2.07. The minimum absolute atomic E-state index is 0.143. The van der Waals surface area contributed by atoms with Crippen LogP contribution in [0.15, 0.2) is 18.2 Å². The number of ether oxygens (including phenoxy) is 2. The van der Waals surface area contributed by atoms with E-state index in [0.29, 0.717) is 37.8 Å². The van der Waals surface area contributed by atoms with Gasteiger partial charge in [0.15, 0.2) is 0 Å². The lowest BCUT2D eigenvalue weighted by molar-refractivity contribution is 0.0668. The molecule has 0 bridgehead atoms. The molecule has 3 N–H and O–H groups in total. The molecular formula is C13H22N4O3. The van der Waals surface area contributed by atoms with Crippen LogP contribution in [0, 0.1) is 0 Å². The van der Waals surface area contributed by atoms with Gasteiger partial charge in [-0.25, -0.2) is 10.8 Å². The van der Waals surface area contributed by atoms with Crippen LogP contribution in [-0.2, 0) is 9.47 Å². The summed E-state index contributed by atoms with van der Waals surface area (Å²) in [6, 6.07) is 5.10. The van der Waals surface area contributed by atoms with E-state index >= 15 is 0 Å². The van der Waals surface area contributed by atoms with Gasteiger partial charge in [-0.3, -0.25) is 4.79 Å². The van der Waals surface area contributed by atoms with Crippen molar-refractivity contribution in [2.45, 2.75) is 6.42 Å². The molecule has 0 fully saturated rings. The zero-order valence-corrected chi connectivity index (χ0v) is 12.0. The molecule has 0 aliphatic rings. The third-order valence-corrected chi connectivity index (χ3v) is 2.75. The van der Waals surface area contributed by atoms with E-state index < -0.39 is 0 Å². The molecule has 0 saturated carbocycles. The number of nitrogen functional groups attached to an aromatic ring is 1. The second-order valence-corrected chi connectivity index (χ2v) is 4.18. The Morgan fingerprint density at radius 1 is 1.30 bits per heavy atom. The summed E-state index contributed by atoms with van der Waals surface area (Å²) in [5, 5.41) is 0. The largest absolute Gasteiger partial charge is 0.385 e. The van der Waals surface area contributed by atoms with Gasteiger partial charge in [0.05, 0.1) is 6.61 Å². The van der Waals surface area contributed by atoms with Crippen molar-refractivity contribution in [2.24, 2.45) is 5.84 Å². The quantitative estimate of drug-likeness (QED) is 0.389. The molecule has 0 unspecified atom stereocenters. The number of amides is 1. The molecule has 20 heavy (non-hydrogen) atoms. The summed E-state index contributed by atoms with van der Waals surface area (Å²) in [5.74, 6) is 5.61. The van der Waals surface area contributed by atoms with Crippen LogP contribution in [0.4, 0.5) is 5.82 Å². The predicted octanol–water partition coefficient (Wildman–Crippen LogP) is 0.492. The number of hydrogen-bond donors (Lipinski definition) is 2. The first kappa shape index (κ1) is 16.4. The van der Waals surface area contributed by atoms with Crippen molar-refractivity contribution in [1.29, 1.82) is 0 Å². The number of carbonyl (C=O) groups is 1. The number of carbonyl (C=O) groups excluding carboxylic acids is 1. The van der Waals surface area contributed by atoms with E-state index in [9.17, 15) is 4.79 Å². The summed E-state index contributed by atoms with van der Waals surface area (Å²) < 4.78 is 10.0. The first-order valence-corrected chi connectivity index (χ1v) is 6.43. The fourth-order valence-corrected chi connectivity index (χ4v) is 1.71. The Hall–Kier alpha value is -1.70. The van der Waals surface area contributed by atoms with Crippen molar-refractivity contribution in [3.05, 3.63) is 23.9 Å². The molecule has 112 valence electrons. The number of nitrogens with zero attached hydrogens (tertiary/aromatic N) is 2. The van der Waals surface area contributed by atoms with Gasteiger partial charge in [0.2, 0.25) is 0 Å². The summed E-state index contributed by atoms with van der Waals surface area (Å²) in [5.41, 5.74) is 2.79. The number of aromatic nitrogens is 1. The number of nitrogens with one attached hydrogen (secondary N) is 1. The maximum Gasteiger partial charge on any atom is 0.272 e. The van der Waals surface area contributed by atoms with Crippen molar-refractivity contribution in [3.8, 4) is 0 Å². The lowest BCUT2D eigenvalue weighted by atomic mass is 10.3. The first-order valence-electron chi connectivity index (χ1n) is 6.43. The van der Waals surface area contributed by atoms with E-state index in [0.717, 1.165) is 6.42 Å². The van der Waals surface area contributed by atoms with Gasteiger partial charge in [-0.15, -0.1) is 0 Å². The third kappa shape index (κ3) is 5.12. The van der Waals surface area contributed by atoms with Gasteiger partial charge in [-0.1, -0.05) is 6.07 Å². The average molecular weight is 282 g/mol. The number of rotatable bonds is 9. The Morgan fingerprint density at radius 3 is 2.70 bits per heavy atom. The first-order chi connectivity index (χ1) is 9.72. The summed E-state index contributed by atoms with van der Waals surface area (Å²) in [6.07, 6.45) is 0.765. The second kappa shape index (κ2) is 9.24. The molecule has 1 heterocycles. The van der Waals surface area contributed by atoms with Crippen LogP contribution in [0.1, 0.15) is 16.9 Å². The molecule has 0 aliphatic carbocycles. The van der Waals surface area contributed by atoms with Crippen LogP contribution in [0.2, 0.25) is 0 Å². The molecule has 0 saturated heterocycles. The maximum atomic E-state index is 12.4. The number of nitrogens with two attached hydrogens (primary N) is 1. The van der Waals surface area contributed by atoms with Crippen molar-refractivity contribution < 1.29 is 14.3 Å². The minimum atomic E-state index is -0.143. The summed E-state index contributed by atoms with van der Waals surface area (Å²) >= 11 is 0. The molecular weight excluding hydrogens is 260 g/mol. The molecule has 1 aromatic heterocycles. The Balaban J connectivity index is 2.73. The highest BCUT2D eigenvalue weighted by molar-refractivity contribution is 5.92. The second-order valence-electron chi connectivity index (χ2n) is 4.18. The number of anilines is 1. The maximum absolute atomic E-state index is 12.4. The zero-order chi connectivity index (χ0) is 14.8. The molecule has 7 nitrogen and oxygen atoms in total. The van der Waals surface area contributed by atoms with E-state index in [4.69, 9.17) is 15.3 Å². The molecule has 1 rings (SSSR count). The van der Waals surface area contributed by atoms with Crippen LogP contribution in [0.25, 0.3) is 0 Å². The van der Waals surface area contributed by atoms with Gasteiger partial charge in [0.25, 0.3) is 5.91 Å². The lowest BCUT2D eigenvalue weighted by Crippen LogP contribution is -2.35. The molecule has 0 spiro atoms. The predicted molar refractivity (Wildman–Crippen MR) is 76.3 cm³/mol. The van der Waals surface area contributed by atoms with Gasteiger partial charge < -0.3 is 19.8 Å². The van der Waals surface area contributed by atoms with Crippen molar-refractivity contribution in [1.82, 2.24) is 9.88 Å². The van der Waals surface area contributed by atoms with Crippen molar-refractivity contribution in [2.75, 3.05) is 45.9 Å². The summed E-state index contributed by atoms with van der Waals surface area (Å²) in [7, 11) is 3.24. The summed E-state index contributed by atoms with van der Waals surface area (Å²) in [6.45, 7) is 2.20. The highest BCUT2D eigenvalue weighted by atomic mass is 16.5. The van der Waals surface area contributed by atoms with Gasteiger partial charge in [0, 0.05) is 33.9 Å².